The molecule has 2 atom stereocenters. The Balaban J connectivity index is 2.36. The maximum Gasteiger partial charge on any atom is 0.140 e. The van der Waals surface area contributed by atoms with Gasteiger partial charge in [0.05, 0.1) is 0 Å². The molecule has 3 N–H and O–H groups in total. The SMILES string of the molecule is CC1CCCN(CC/C(N)=N/O)C1C. The Morgan fingerprint density at radius 3 is 2.93 bits per heavy atom. The van der Waals surface area contributed by atoms with Crippen LogP contribution in [0.25, 0.3) is 0 Å². The summed E-state index contributed by atoms with van der Waals surface area (Å²) in [5.74, 6) is 1.09. The third-order valence-corrected chi connectivity index (χ3v) is 3.29. The minimum atomic E-state index is 0.329. The highest BCUT2D eigenvalue weighted by Gasteiger charge is 2.23. The van der Waals surface area contributed by atoms with Gasteiger partial charge in [0, 0.05) is 19.0 Å². The molecule has 0 spiro atoms. The fourth-order valence-electron chi connectivity index (χ4n) is 2.04. The summed E-state index contributed by atoms with van der Waals surface area (Å²) in [6.45, 7) is 6.60. The molecule has 4 heteroatoms. The van der Waals surface area contributed by atoms with Gasteiger partial charge in [-0.15, -0.1) is 0 Å². The number of amidine groups is 1. The van der Waals surface area contributed by atoms with Crippen molar-refractivity contribution < 1.29 is 5.21 Å². The summed E-state index contributed by atoms with van der Waals surface area (Å²) in [5.41, 5.74) is 5.44. The van der Waals surface area contributed by atoms with Crippen LogP contribution in [0.3, 0.4) is 0 Å². The fourth-order valence-corrected chi connectivity index (χ4v) is 2.04. The maximum absolute atomic E-state index is 8.43. The smallest absolute Gasteiger partial charge is 0.140 e. The third kappa shape index (κ3) is 2.87. The second kappa shape index (κ2) is 5.20. The van der Waals surface area contributed by atoms with Crippen molar-refractivity contribution in [3.63, 3.8) is 0 Å². The molecule has 4 nitrogen and oxygen atoms in total. The first-order valence-corrected chi connectivity index (χ1v) is 5.35. The minimum absolute atomic E-state index is 0.329. The van der Waals surface area contributed by atoms with Gasteiger partial charge in [-0.2, -0.15) is 0 Å². The summed E-state index contributed by atoms with van der Waals surface area (Å²) in [6, 6.07) is 0.621. The molecule has 2 unspecified atom stereocenters. The van der Waals surface area contributed by atoms with Crippen LogP contribution in [0.1, 0.15) is 33.1 Å². The molecule has 0 aromatic rings. The zero-order valence-corrected chi connectivity index (χ0v) is 9.11. The van der Waals surface area contributed by atoms with Gasteiger partial charge >= 0.3 is 0 Å². The van der Waals surface area contributed by atoms with Crippen molar-refractivity contribution in [1.82, 2.24) is 4.90 Å². The van der Waals surface area contributed by atoms with Gasteiger partial charge in [-0.25, -0.2) is 0 Å². The Morgan fingerprint density at radius 2 is 2.29 bits per heavy atom. The Kier molecular flexibility index (Phi) is 4.20. The van der Waals surface area contributed by atoms with Gasteiger partial charge in [-0.3, -0.25) is 4.90 Å². The van der Waals surface area contributed by atoms with Gasteiger partial charge in [0.15, 0.2) is 0 Å². The van der Waals surface area contributed by atoms with Gasteiger partial charge in [0.25, 0.3) is 0 Å². The number of likely N-dealkylation sites (tertiary alicyclic amines) is 1. The molecule has 0 aliphatic carbocycles. The molecule has 0 aromatic heterocycles. The lowest BCUT2D eigenvalue weighted by atomic mass is 9.92. The quantitative estimate of drug-likeness (QED) is 0.311. The first-order chi connectivity index (χ1) is 6.65. The van der Waals surface area contributed by atoms with Crippen molar-refractivity contribution in [2.24, 2.45) is 16.8 Å². The van der Waals surface area contributed by atoms with Crippen LogP contribution in [0.2, 0.25) is 0 Å². The van der Waals surface area contributed by atoms with Crippen molar-refractivity contribution in [2.45, 2.75) is 39.2 Å². The summed E-state index contributed by atoms with van der Waals surface area (Å²) in [5, 5.41) is 11.4. The fraction of sp³-hybridized carbons (Fsp3) is 0.900. The minimum Gasteiger partial charge on any atom is -0.409 e. The number of hydrogen-bond donors (Lipinski definition) is 2. The van der Waals surface area contributed by atoms with Crippen LogP contribution in [0.5, 0.6) is 0 Å². The Morgan fingerprint density at radius 1 is 1.57 bits per heavy atom. The monoisotopic (exact) mass is 199 g/mol. The number of rotatable bonds is 3. The zero-order chi connectivity index (χ0) is 10.6. The second-order valence-electron chi connectivity index (χ2n) is 4.24. The largest absolute Gasteiger partial charge is 0.409 e. The standard InChI is InChI=1S/C10H21N3O/c1-8-4-3-6-13(9(8)2)7-5-10(11)12-14/h8-9,14H,3-7H2,1-2H3,(H2,11,12). The maximum atomic E-state index is 8.43. The Bertz CT molecular complexity index is 206. The molecule has 14 heavy (non-hydrogen) atoms. The van der Waals surface area contributed by atoms with Gasteiger partial charge < -0.3 is 10.9 Å². The predicted molar refractivity (Wildman–Crippen MR) is 57.5 cm³/mol. The van der Waals surface area contributed by atoms with E-state index in [0.29, 0.717) is 18.3 Å². The molecular weight excluding hydrogens is 178 g/mol. The molecule has 82 valence electrons. The molecule has 0 radical (unpaired) electrons. The van der Waals surface area contributed by atoms with Crippen molar-refractivity contribution >= 4 is 5.84 Å². The zero-order valence-electron chi connectivity index (χ0n) is 9.11. The number of nitrogens with two attached hydrogens (primary N) is 1. The molecule has 1 fully saturated rings. The summed E-state index contributed by atoms with van der Waals surface area (Å²) in [4.78, 5) is 2.42. The number of piperidine rings is 1. The molecule has 0 aromatic carbocycles. The number of hydrogen-bond acceptors (Lipinski definition) is 3. The predicted octanol–water partition coefficient (Wildman–Crippen LogP) is 1.24. The highest BCUT2D eigenvalue weighted by Crippen LogP contribution is 2.22. The first kappa shape index (κ1) is 11.3. The molecule has 0 bridgehead atoms. The van der Waals surface area contributed by atoms with Gasteiger partial charge in [-0.1, -0.05) is 12.1 Å². The molecular formula is C10H21N3O. The van der Waals surface area contributed by atoms with Crippen LogP contribution in [-0.4, -0.2) is 35.1 Å². The summed E-state index contributed by atoms with van der Waals surface area (Å²) in [6.07, 6.45) is 3.25. The van der Waals surface area contributed by atoms with Crippen molar-refractivity contribution in [3.05, 3.63) is 0 Å². The summed E-state index contributed by atoms with van der Waals surface area (Å²) in [7, 11) is 0. The Labute approximate surface area is 85.8 Å². The molecule has 1 aliphatic rings. The van der Waals surface area contributed by atoms with Crippen LogP contribution >= 0.6 is 0 Å². The average molecular weight is 199 g/mol. The molecule has 1 heterocycles. The first-order valence-electron chi connectivity index (χ1n) is 5.35. The van der Waals surface area contributed by atoms with E-state index in [1.54, 1.807) is 0 Å². The molecule has 1 aliphatic heterocycles. The molecule has 1 rings (SSSR count). The molecule has 0 saturated carbocycles. The van der Waals surface area contributed by atoms with Crippen LogP contribution in [0, 0.1) is 5.92 Å². The van der Waals surface area contributed by atoms with Crippen molar-refractivity contribution in [2.75, 3.05) is 13.1 Å². The normalized spacial score (nSPS) is 30.6. The van der Waals surface area contributed by atoms with Crippen molar-refractivity contribution in [3.8, 4) is 0 Å². The van der Waals surface area contributed by atoms with E-state index in [-0.39, 0.29) is 0 Å². The lowest BCUT2D eigenvalue weighted by molar-refractivity contribution is 0.117. The number of nitrogens with zero attached hydrogens (tertiary/aromatic N) is 2. The van der Waals surface area contributed by atoms with Gasteiger partial charge in [0.2, 0.25) is 0 Å². The second-order valence-corrected chi connectivity index (χ2v) is 4.24. The van der Waals surface area contributed by atoms with E-state index in [1.165, 1.54) is 12.8 Å². The van der Waals surface area contributed by atoms with E-state index in [4.69, 9.17) is 10.9 Å². The van der Waals surface area contributed by atoms with Crippen LogP contribution in [-0.2, 0) is 0 Å². The van der Waals surface area contributed by atoms with Crippen LogP contribution < -0.4 is 5.73 Å². The average Bonchev–Trinajstić information content (AvgIpc) is 2.20. The Hall–Kier alpha value is -0.770. The summed E-state index contributed by atoms with van der Waals surface area (Å²) >= 11 is 0. The van der Waals surface area contributed by atoms with E-state index in [2.05, 4.69) is 23.9 Å². The lowest BCUT2D eigenvalue weighted by Crippen LogP contribution is -2.43. The summed E-state index contributed by atoms with van der Waals surface area (Å²) < 4.78 is 0. The van der Waals surface area contributed by atoms with E-state index >= 15 is 0 Å². The van der Waals surface area contributed by atoms with E-state index < -0.39 is 0 Å². The highest BCUT2D eigenvalue weighted by molar-refractivity contribution is 5.79. The van der Waals surface area contributed by atoms with E-state index in [0.717, 1.165) is 19.0 Å². The number of oxime groups is 1. The highest BCUT2D eigenvalue weighted by atomic mass is 16.4. The van der Waals surface area contributed by atoms with E-state index in [1.807, 2.05) is 0 Å². The molecule has 0 amide bonds. The van der Waals surface area contributed by atoms with Gasteiger partial charge in [0.1, 0.15) is 5.84 Å². The van der Waals surface area contributed by atoms with Crippen LogP contribution in [0.4, 0.5) is 0 Å². The van der Waals surface area contributed by atoms with Crippen molar-refractivity contribution in [1.29, 1.82) is 0 Å². The van der Waals surface area contributed by atoms with Crippen LogP contribution in [0.15, 0.2) is 5.16 Å². The lowest BCUT2D eigenvalue weighted by Gasteiger charge is -2.37. The third-order valence-electron chi connectivity index (χ3n) is 3.29. The van der Waals surface area contributed by atoms with Gasteiger partial charge in [-0.05, 0) is 32.2 Å². The topological polar surface area (TPSA) is 61.8 Å². The van der Waals surface area contributed by atoms with E-state index in [9.17, 15) is 0 Å². The molecule has 1 saturated heterocycles.